The van der Waals surface area contributed by atoms with Crippen LogP contribution < -0.4 is 5.73 Å². The maximum Gasteiger partial charge on any atom is 0.220 e. The Morgan fingerprint density at radius 2 is 2.07 bits per heavy atom. The predicted molar refractivity (Wildman–Crippen MR) is 104 cm³/mol. The number of anilines is 1. The molecule has 1 aromatic carbocycles. The standard InChI is InChI=1S/C20H20ClFN4O/c1-10(2)17-13-5-12(18-15(21)8-25-20(23)26-18)6-16(22)19(13)24-7-14(17)11-3-4-27-9-11/h5-8,10-11H,3-4,9H2,1-2H3,(H2,23,25,26). The van der Waals surface area contributed by atoms with Crippen molar-refractivity contribution < 1.29 is 9.13 Å². The highest BCUT2D eigenvalue weighted by molar-refractivity contribution is 6.33. The van der Waals surface area contributed by atoms with Gasteiger partial charge in [-0.15, -0.1) is 0 Å². The quantitative estimate of drug-likeness (QED) is 0.706. The van der Waals surface area contributed by atoms with Gasteiger partial charge < -0.3 is 10.5 Å². The Bertz CT molecular complexity index is 1020. The number of pyridine rings is 1. The highest BCUT2D eigenvalue weighted by Crippen LogP contribution is 2.38. The van der Waals surface area contributed by atoms with Gasteiger partial charge in [-0.25, -0.2) is 14.4 Å². The molecule has 1 fully saturated rings. The molecule has 0 bridgehead atoms. The van der Waals surface area contributed by atoms with Crippen molar-refractivity contribution in [1.82, 2.24) is 15.0 Å². The maximum atomic E-state index is 14.9. The van der Waals surface area contributed by atoms with Gasteiger partial charge in [0.05, 0.1) is 23.5 Å². The molecule has 4 rings (SSSR count). The summed E-state index contributed by atoms with van der Waals surface area (Å²) in [5, 5.41) is 1.10. The van der Waals surface area contributed by atoms with Crippen molar-refractivity contribution >= 4 is 28.5 Å². The summed E-state index contributed by atoms with van der Waals surface area (Å²) in [4.78, 5) is 12.5. The first-order valence-electron chi connectivity index (χ1n) is 8.94. The molecule has 0 saturated carbocycles. The summed E-state index contributed by atoms with van der Waals surface area (Å²) in [6.07, 6.45) is 4.17. The lowest BCUT2D eigenvalue weighted by molar-refractivity contribution is 0.194. The molecule has 0 amide bonds. The van der Waals surface area contributed by atoms with E-state index in [2.05, 4.69) is 28.8 Å². The molecule has 1 atom stereocenters. The van der Waals surface area contributed by atoms with E-state index < -0.39 is 5.82 Å². The summed E-state index contributed by atoms with van der Waals surface area (Å²) in [7, 11) is 0. The van der Waals surface area contributed by atoms with Gasteiger partial charge in [-0.1, -0.05) is 25.4 Å². The number of hydrogen-bond donors (Lipinski definition) is 1. The molecule has 3 aromatic rings. The molecule has 27 heavy (non-hydrogen) atoms. The van der Waals surface area contributed by atoms with Gasteiger partial charge in [0, 0.05) is 29.7 Å². The molecule has 2 aromatic heterocycles. The van der Waals surface area contributed by atoms with Gasteiger partial charge in [0.2, 0.25) is 5.95 Å². The van der Waals surface area contributed by atoms with Crippen LogP contribution in [0.1, 0.15) is 43.2 Å². The zero-order chi connectivity index (χ0) is 19.1. The zero-order valence-corrected chi connectivity index (χ0v) is 15.9. The number of hydrogen-bond acceptors (Lipinski definition) is 5. The van der Waals surface area contributed by atoms with Gasteiger partial charge in [0.25, 0.3) is 0 Å². The molecule has 0 radical (unpaired) electrons. The summed E-state index contributed by atoms with van der Waals surface area (Å²) in [5.74, 6) is 0.164. The molecule has 7 heteroatoms. The normalized spacial score (nSPS) is 17.1. The summed E-state index contributed by atoms with van der Waals surface area (Å²) in [5.41, 5.74) is 9.24. The Labute approximate surface area is 161 Å². The van der Waals surface area contributed by atoms with E-state index in [1.54, 1.807) is 6.20 Å². The minimum atomic E-state index is -0.410. The van der Waals surface area contributed by atoms with Crippen molar-refractivity contribution in [2.75, 3.05) is 18.9 Å². The molecule has 140 valence electrons. The van der Waals surface area contributed by atoms with Gasteiger partial charge in [0.1, 0.15) is 11.3 Å². The molecular formula is C20H20ClFN4O. The van der Waals surface area contributed by atoms with Crippen LogP contribution in [0.5, 0.6) is 0 Å². The van der Waals surface area contributed by atoms with Crippen molar-refractivity contribution in [3.63, 3.8) is 0 Å². The smallest absolute Gasteiger partial charge is 0.220 e. The summed E-state index contributed by atoms with van der Waals surface area (Å²) < 4.78 is 20.5. The maximum absolute atomic E-state index is 14.9. The molecule has 0 spiro atoms. The molecule has 3 heterocycles. The van der Waals surface area contributed by atoms with Crippen LogP contribution in [0.15, 0.2) is 24.5 Å². The summed E-state index contributed by atoms with van der Waals surface area (Å²) in [6.45, 7) is 5.62. The van der Waals surface area contributed by atoms with E-state index in [9.17, 15) is 4.39 Å². The Morgan fingerprint density at radius 3 is 2.78 bits per heavy atom. The van der Waals surface area contributed by atoms with Gasteiger partial charge in [-0.05, 0) is 35.6 Å². The van der Waals surface area contributed by atoms with Gasteiger partial charge in [-0.3, -0.25) is 4.98 Å². The fourth-order valence-electron chi connectivity index (χ4n) is 3.76. The first-order chi connectivity index (χ1) is 13.0. The molecular weight excluding hydrogens is 367 g/mol. The highest BCUT2D eigenvalue weighted by Gasteiger charge is 2.25. The minimum absolute atomic E-state index is 0.0916. The lowest BCUT2D eigenvalue weighted by Gasteiger charge is -2.20. The molecule has 5 nitrogen and oxygen atoms in total. The van der Waals surface area contributed by atoms with E-state index in [0.717, 1.165) is 29.5 Å². The van der Waals surface area contributed by atoms with E-state index in [1.807, 2.05) is 6.07 Å². The Hall–Kier alpha value is -2.31. The van der Waals surface area contributed by atoms with Crippen LogP contribution in [-0.2, 0) is 4.74 Å². The van der Waals surface area contributed by atoms with Crippen LogP contribution >= 0.6 is 11.6 Å². The number of fused-ring (bicyclic) bond motifs is 1. The first kappa shape index (κ1) is 18.1. The molecule has 1 aliphatic rings. The predicted octanol–water partition coefficient (Wildman–Crippen LogP) is 4.69. The second-order valence-corrected chi connectivity index (χ2v) is 7.53. The average Bonchev–Trinajstić information content (AvgIpc) is 3.17. The molecule has 2 N–H and O–H groups in total. The van der Waals surface area contributed by atoms with Crippen molar-refractivity contribution in [2.45, 2.75) is 32.1 Å². The van der Waals surface area contributed by atoms with Crippen LogP contribution in [0, 0.1) is 5.82 Å². The zero-order valence-electron chi connectivity index (χ0n) is 15.2. The third kappa shape index (κ3) is 3.24. The number of nitrogens with two attached hydrogens (primary N) is 1. The molecule has 1 aliphatic heterocycles. The first-order valence-corrected chi connectivity index (χ1v) is 9.31. The van der Waals surface area contributed by atoms with Gasteiger partial charge in [0.15, 0.2) is 0 Å². The average molecular weight is 387 g/mol. The van der Waals surface area contributed by atoms with E-state index in [-0.39, 0.29) is 17.8 Å². The lowest BCUT2D eigenvalue weighted by Crippen LogP contribution is -2.07. The Kier molecular flexibility index (Phi) is 4.70. The van der Waals surface area contributed by atoms with Gasteiger partial charge >= 0.3 is 0 Å². The Balaban J connectivity index is 1.99. The van der Waals surface area contributed by atoms with E-state index in [1.165, 1.54) is 12.3 Å². The van der Waals surface area contributed by atoms with Crippen LogP contribution in [0.25, 0.3) is 22.2 Å². The fourth-order valence-corrected chi connectivity index (χ4v) is 3.96. The highest BCUT2D eigenvalue weighted by atomic mass is 35.5. The minimum Gasteiger partial charge on any atom is -0.381 e. The van der Waals surface area contributed by atoms with Crippen molar-refractivity contribution in [2.24, 2.45) is 0 Å². The lowest BCUT2D eigenvalue weighted by atomic mass is 9.86. The number of halogens is 2. The number of aromatic nitrogens is 3. The number of nitrogen functional groups attached to an aromatic ring is 1. The van der Waals surface area contributed by atoms with Gasteiger partial charge in [-0.2, -0.15) is 0 Å². The van der Waals surface area contributed by atoms with Crippen molar-refractivity contribution in [3.8, 4) is 11.3 Å². The second-order valence-electron chi connectivity index (χ2n) is 7.12. The third-order valence-electron chi connectivity index (χ3n) is 4.98. The van der Waals surface area contributed by atoms with Crippen LogP contribution in [-0.4, -0.2) is 28.2 Å². The van der Waals surface area contributed by atoms with E-state index in [0.29, 0.717) is 28.4 Å². The summed E-state index contributed by atoms with van der Waals surface area (Å²) in [6, 6.07) is 3.29. The molecule has 0 aliphatic carbocycles. The third-order valence-corrected chi connectivity index (χ3v) is 5.26. The number of ether oxygens (including phenoxy) is 1. The molecule has 1 saturated heterocycles. The van der Waals surface area contributed by atoms with E-state index >= 15 is 0 Å². The molecule has 1 unspecified atom stereocenters. The van der Waals surface area contributed by atoms with Crippen molar-refractivity contribution in [1.29, 1.82) is 0 Å². The topological polar surface area (TPSA) is 73.9 Å². The summed E-state index contributed by atoms with van der Waals surface area (Å²) >= 11 is 6.24. The van der Waals surface area contributed by atoms with Crippen LogP contribution in [0.3, 0.4) is 0 Å². The number of nitrogens with zero attached hydrogens (tertiary/aromatic N) is 3. The van der Waals surface area contributed by atoms with Crippen LogP contribution in [0.4, 0.5) is 10.3 Å². The number of rotatable bonds is 3. The monoisotopic (exact) mass is 386 g/mol. The Morgan fingerprint density at radius 1 is 1.26 bits per heavy atom. The van der Waals surface area contributed by atoms with Crippen molar-refractivity contribution in [3.05, 3.63) is 46.5 Å². The largest absolute Gasteiger partial charge is 0.381 e. The van der Waals surface area contributed by atoms with E-state index in [4.69, 9.17) is 22.1 Å². The number of benzene rings is 1. The van der Waals surface area contributed by atoms with Crippen LogP contribution in [0.2, 0.25) is 5.02 Å². The second kappa shape index (κ2) is 7.02. The SMILES string of the molecule is CC(C)c1c(C2CCOC2)cnc2c(F)cc(-c3nc(N)ncc3Cl)cc12. The fraction of sp³-hybridized carbons (Fsp3) is 0.350.